The summed E-state index contributed by atoms with van der Waals surface area (Å²) in [7, 11) is 0. The van der Waals surface area contributed by atoms with E-state index in [1.807, 2.05) is 0 Å². The van der Waals surface area contributed by atoms with Gasteiger partial charge in [-0.15, -0.1) is 0 Å². The maximum absolute atomic E-state index is 5.56. The van der Waals surface area contributed by atoms with Crippen LogP contribution in [-0.2, 0) is 0 Å². The number of ether oxygens (including phenoxy) is 1. The van der Waals surface area contributed by atoms with Crippen molar-refractivity contribution in [3.05, 3.63) is 12.4 Å². The molecule has 0 aliphatic heterocycles. The van der Waals surface area contributed by atoms with Gasteiger partial charge in [-0.1, -0.05) is 13.8 Å². The standard InChI is InChI=1S/C13H24N4O/c1-3-7-17(8-5-6-14)12-10-15-11-13(16-12)18-9-4-2/h10-11H,3-9,14H2,1-2H3. The van der Waals surface area contributed by atoms with E-state index < -0.39 is 0 Å². The van der Waals surface area contributed by atoms with Crippen molar-refractivity contribution in [3.63, 3.8) is 0 Å². The molecule has 0 aliphatic carbocycles. The van der Waals surface area contributed by atoms with Crippen LogP contribution in [0.2, 0.25) is 0 Å². The van der Waals surface area contributed by atoms with Crippen LogP contribution in [0.15, 0.2) is 12.4 Å². The Balaban J connectivity index is 2.70. The van der Waals surface area contributed by atoms with Gasteiger partial charge in [-0.25, -0.2) is 0 Å². The van der Waals surface area contributed by atoms with Crippen LogP contribution in [0.1, 0.15) is 33.1 Å². The minimum atomic E-state index is 0.600. The summed E-state index contributed by atoms with van der Waals surface area (Å²) in [6.45, 7) is 7.47. The summed E-state index contributed by atoms with van der Waals surface area (Å²) < 4.78 is 5.50. The molecule has 5 nitrogen and oxygen atoms in total. The molecule has 2 N–H and O–H groups in total. The fourth-order valence-corrected chi connectivity index (χ4v) is 1.66. The number of aromatic nitrogens is 2. The summed E-state index contributed by atoms with van der Waals surface area (Å²) in [6.07, 6.45) is 6.45. The zero-order valence-electron chi connectivity index (χ0n) is 11.4. The van der Waals surface area contributed by atoms with Gasteiger partial charge in [-0.2, -0.15) is 4.98 Å². The summed E-state index contributed by atoms with van der Waals surface area (Å²) in [5.41, 5.74) is 5.56. The lowest BCUT2D eigenvalue weighted by Crippen LogP contribution is -2.28. The van der Waals surface area contributed by atoms with Crippen molar-refractivity contribution in [2.45, 2.75) is 33.1 Å². The van der Waals surface area contributed by atoms with Crippen molar-refractivity contribution in [3.8, 4) is 5.88 Å². The lowest BCUT2D eigenvalue weighted by Gasteiger charge is -2.22. The van der Waals surface area contributed by atoms with Gasteiger partial charge in [0, 0.05) is 13.1 Å². The minimum Gasteiger partial charge on any atom is -0.477 e. The highest BCUT2D eigenvalue weighted by molar-refractivity contribution is 5.37. The molecule has 0 radical (unpaired) electrons. The first kappa shape index (κ1) is 14.7. The average molecular weight is 252 g/mol. The molecular formula is C13H24N4O. The monoisotopic (exact) mass is 252 g/mol. The highest BCUT2D eigenvalue weighted by atomic mass is 16.5. The topological polar surface area (TPSA) is 64.3 Å². The van der Waals surface area contributed by atoms with Crippen molar-refractivity contribution >= 4 is 5.82 Å². The van der Waals surface area contributed by atoms with E-state index in [4.69, 9.17) is 10.5 Å². The van der Waals surface area contributed by atoms with E-state index in [0.29, 0.717) is 19.0 Å². The number of nitrogens with zero attached hydrogens (tertiary/aromatic N) is 3. The summed E-state index contributed by atoms with van der Waals surface area (Å²) >= 11 is 0. The average Bonchev–Trinajstić information content (AvgIpc) is 2.41. The maximum atomic E-state index is 5.56. The third-order valence-corrected chi connectivity index (χ3v) is 2.50. The van der Waals surface area contributed by atoms with E-state index in [1.54, 1.807) is 12.4 Å². The van der Waals surface area contributed by atoms with Crippen LogP contribution in [0.4, 0.5) is 5.82 Å². The first-order valence-corrected chi connectivity index (χ1v) is 6.71. The lowest BCUT2D eigenvalue weighted by atomic mass is 10.3. The molecule has 0 saturated carbocycles. The van der Waals surface area contributed by atoms with Gasteiger partial charge in [0.2, 0.25) is 5.88 Å². The Labute approximate surface area is 109 Å². The van der Waals surface area contributed by atoms with Crippen LogP contribution in [0.25, 0.3) is 0 Å². The first-order chi connectivity index (χ1) is 8.81. The quantitative estimate of drug-likeness (QED) is 0.726. The van der Waals surface area contributed by atoms with E-state index in [1.165, 1.54) is 0 Å². The minimum absolute atomic E-state index is 0.600. The fourth-order valence-electron chi connectivity index (χ4n) is 1.66. The molecule has 0 bridgehead atoms. The fraction of sp³-hybridized carbons (Fsp3) is 0.692. The summed E-state index contributed by atoms with van der Waals surface area (Å²) in [6, 6.07) is 0. The zero-order chi connectivity index (χ0) is 13.2. The van der Waals surface area contributed by atoms with Crippen LogP contribution in [0, 0.1) is 0 Å². The Morgan fingerprint density at radius 1 is 1.22 bits per heavy atom. The lowest BCUT2D eigenvalue weighted by molar-refractivity contribution is 0.304. The van der Waals surface area contributed by atoms with Gasteiger partial charge in [0.1, 0.15) is 0 Å². The summed E-state index contributed by atoms with van der Waals surface area (Å²) in [4.78, 5) is 10.9. The second-order valence-corrected chi connectivity index (χ2v) is 4.19. The van der Waals surface area contributed by atoms with Crippen LogP contribution in [0.3, 0.4) is 0 Å². The van der Waals surface area contributed by atoms with Gasteiger partial charge >= 0.3 is 0 Å². The Kier molecular flexibility index (Phi) is 7.10. The number of anilines is 1. The normalized spacial score (nSPS) is 10.4. The van der Waals surface area contributed by atoms with Crippen LogP contribution in [0.5, 0.6) is 5.88 Å². The second-order valence-electron chi connectivity index (χ2n) is 4.19. The van der Waals surface area contributed by atoms with E-state index in [2.05, 4.69) is 28.7 Å². The second kappa shape index (κ2) is 8.69. The van der Waals surface area contributed by atoms with Gasteiger partial charge in [0.25, 0.3) is 0 Å². The molecule has 0 aliphatic rings. The molecule has 1 heterocycles. The van der Waals surface area contributed by atoms with Gasteiger partial charge in [-0.3, -0.25) is 4.98 Å². The molecular weight excluding hydrogens is 228 g/mol. The van der Waals surface area contributed by atoms with Gasteiger partial charge < -0.3 is 15.4 Å². The smallest absolute Gasteiger partial charge is 0.234 e. The Morgan fingerprint density at radius 3 is 2.72 bits per heavy atom. The molecule has 0 aromatic carbocycles. The van der Waals surface area contributed by atoms with Crippen molar-refractivity contribution in [2.24, 2.45) is 5.73 Å². The molecule has 0 atom stereocenters. The van der Waals surface area contributed by atoms with Gasteiger partial charge in [0.05, 0.1) is 19.0 Å². The molecule has 0 saturated heterocycles. The van der Waals surface area contributed by atoms with Crippen LogP contribution in [-0.4, -0.2) is 36.2 Å². The summed E-state index contributed by atoms with van der Waals surface area (Å²) in [5, 5.41) is 0. The number of hydrogen-bond acceptors (Lipinski definition) is 5. The third kappa shape index (κ3) is 4.87. The first-order valence-electron chi connectivity index (χ1n) is 6.71. The van der Waals surface area contributed by atoms with Crippen molar-refractivity contribution in [2.75, 3.05) is 31.1 Å². The third-order valence-electron chi connectivity index (χ3n) is 2.50. The zero-order valence-corrected chi connectivity index (χ0v) is 11.4. The molecule has 1 aromatic heterocycles. The highest BCUT2D eigenvalue weighted by Gasteiger charge is 2.08. The Bertz CT molecular complexity index is 333. The van der Waals surface area contributed by atoms with E-state index in [9.17, 15) is 0 Å². The van der Waals surface area contributed by atoms with Crippen molar-refractivity contribution < 1.29 is 4.74 Å². The number of hydrogen-bond donors (Lipinski definition) is 1. The van der Waals surface area contributed by atoms with Gasteiger partial charge in [0.15, 0.2) is 5.82 Å². The molecule has 0 amide bonds. The summed E-state index contributed by atoms with van der Waals surface area (Å²) in [5.74, 6) is 1.47. The van der Waals surface area contributed by atoms with Crippen LogP contribution < -0.4 is 15.4 Å². The molecule has 1 aromatic rings. The molecule has 1 rings (SSSR count). The molecule has 0 fully saturated rings. The SMILES string of the molecule is CCCOc1cncc(N(CCC)CCCN)n1. The van der Waals surface area contributed by atoms with Crippen molar-refractivity contribution in [1.82, 2.24) is 9.97 Å². The predicted molar refractivity (Wildman–Crippen MR) is 74.0 cm³/mol. The molecule has 0 spiro atoms. The molecule has 5 heteroatoms. The maximum Gasteiger partial charge on any atom is 0.234 e. The van der Waals surface area contributed by atoms with Crippen LogP contribution >= 0.6 is 0 Å². The molecule has 0 unspecified atom stereocenters. The molecule has 102 valence electrons. The Morgan fingerprint density at radius 2 is 2.06 bits per heavy atom. The largest absolute Gasteiger partial charge is 0.477 e. The highest BCUT2D eigenvalue weighted by Crippen LogP contribution is 2.14. The van der Waals surface area contributed by atoms with Crippen molar-refractivity contribution in [1.29, 1.82) is 0 Å². The van der Waals surface area contributed by atoms with E-state index in [-0.39, 0.29) is 0 Å². The van der Waals surface area contributed by atoms with E-state index >= 15 is 0 Å². The number of rotatable bonds is 9. The molecule has 18 heavy (non-hydrogen) atoms. The Hall–Kier alpha value is -1.36. The van der Waals surface area contributed by atoms with Gasteiger partial charge in [-0.05, 0) is 25.8 Å². The van der Waals surface area contributed by atoms with E-state index in [0.717, 1.165) is 38.2 Å². The predicted octanol–water partition coefficient (Wildman–Crippen LogP) is 1.83. The number of nitrogens with two attached hydrogens (primary N) is 1.